The molecule has 1 rings (SSSR count). The Morgan fingerprint density at radius 2 is 1.87 bits per heavy atom. The van der Waals surface area contributed by atoms with E-state index in [1.54, 1.807) is 0 Å². The molecular weight excluding hydrogens is 194 g/mol. The summed E-state index contributed by atoms with van der Waals surface area (Å²) in [6.07, 6.45) is 5.37. The Kier molecular flexibility index (Phi) is 4.47. The minimum atomic E-state index is -0.452. The van der Waals surface area contributed by atoms with Crippen LogP contribution in [0.25, 0.3) is 0 Å². The van der Waals surface area contributed by atoms with E-state index in [1.165, 1.54) is 18.2 Å². The Morgan fingerprint density at radius 3 is 2.40 bits per heavy atom. The van der Waals surface area contributed by atoms with Gasteiger partial charge < -0.3 is 0 Å². The van der Waals surface area contributed by atoms with Gasteiger partial charge in [-0.25, -0.2) is 8.78 Å². The third-order valence-corrected chi connectivity index (χ3v) is 2.29. The molecule has 82 valence electrons. The summed E-state index contributed by atoms with van der Waals surface area (Å²) in [5, 5.41) is 0. The van der Waals surface area contributed by atoms with E-state index < -0.39 is 11.6 Å². The van der Waals surface area contributed by atoms with E-state index in [9.17, 15) is 8.78 Å². The lowest BCUT2D eigenvalue weighted by Crippen LogP contribution is -2.02. The van der Waals surface area contributed by atoms with Crippen molar-refractivity contribution in [1.29, 1.82) is 0 Å². The summed E-state index contributed by atoms with van der Waals surface area (Å²) in [7, 11) is 0. The van der Waals surface area contributed by atoms with Crippen molar-refractivity contribution in [3.63, 3.8) is 0 Å². The summed E-state index contributed by atoms with van der Waals surface area (Å²) in [4.78, 5) is 0. The first kappa shape index (κ1) is 11.9. The second-order valence-electron chi connectivity index (χ2n) is 3.72. The molecule has 0 aromatic heterocycles. The lowest BCUT2D eigenvalue weighted by molar-refractivity contribution is 0.538. The van der Waals surface area contributed by atoms with Gasteiger partial charge in [-0.3, -0.25) is 0 Å². The molecule has 0 saturated heterocycles. The first-order valence-electron chi connectivity index (χ1n) is 5.24. The maximum Gasteiger partial charge on any atom is 0.129 e. The van der Waals surface area contributed by atoms with Gasteiger partial charge in [0.1, 0.15) is 11.6 Å². The van der Waals surface area contributed by atoms with Gasteiger partial charge in [0.2, 0.25) is 0 Å². The van der Waals surface area contributed by atoms with Crippen molar-refractivity contribution in [1.82, 2.24) is 0 Å². The van der Waals surface area contributed by atoms with Crippen molar-refractivity contribution < 1.29 is 8.78 Å². The minimum Gasteiger partial charge on any atom is -0.207 e. The third-order valence-electron chi connectivity index (χ3n) is 2.29. The first-order valence-corrected chi connectivity index (χ1v) is 5.24. The van der Waals surface area contributed by atoms with Gasteiger partial charge in [-0.05, 0) is 30.9 Å². The van der Waals surface area contributed by atoms with Crippen molar-refractivity contribution in [3.8, 4) is 0 Å². The van der Waals surface area contributed by atoms with Gasteiger partial charge in [-0.1, -0.05) is 32.1 Å². The molecule has 1 atom stereocenters. The fourth-order valence-electron chi connectivity index (χ4n) is 1.49. The fraction of sp³-hybridized carbons (Fsp3) is 0.385. The predicted molar refractivity (Wildman–Crippen MR) is 58.7 cm³/mol. The smallest absolute Gasteiger partial charge is 0.129 e. The molecule has 0 spiro atoms. The highest BCUT2D eigenvalue weighted by Crippen LogP contribution is 2.17. The molecule has 0 aliphatic rings. The molecule has 0 N–H and O–H groups in total. The van der Waals surface area contributed by atoms with Crippen LogP contribution in [0.3, 0.4) is 0 Å². The number of hydrogen-bond donors (Lipinski definition) is 0. The van der Waals surface area contributed by atoms with Gasteiger partial charge in [0.25, 0.3) is 0 Å². The molecule has 0 saturated carbocycles. The van der Waals surface area contributed by atoms with Crippen LogP contribution in [-0.4, -0.2) is 0 Å². The molecule has 0 radical (unpaired) electrons. The van der Waals surface area contributed by atoms with Gasteiger partial charge in [-0.2, -0.15) is 0 Å². The number of hydrogen-bond acceptors (Lipinski definition) is 0. The molecule has 0 fully saturated rings. The summed E-state index contributed by atoms with van der Waals surface area (Å²) < 4.78 is 26.5. The van der Waals surface area contributed by atoms with Crippen molar-refractivity contribution in [2.75, 3.05) is 0 Å². The summed E-state index contributed by atoms with van der Waals surface area (Å²) in [6, 6.07) is 3.99. The van der Waals surface area contributed by atoms with Gasteiger partial charge in [-0.15, -0.1) is 0 Å². The number of allylic oxidation sites excluding steroid dienone is 2. The van der Waals surface area contributed by atoms with Crippen LogP contribution < -0.4 is 0 Å². The number of benzene rings is 1. The van der Waals surface area contributed by atoms with Crippen LogP contribution in [0.4, 0.5) is 8.78 Å². The maximum absolute atomic E-state index is 13.3. The van der Waals surface area contributed by atoms with Crippen LogP contribution >= 0.6 is 0 Å². The highest BCUT2D eigenvalue weighted by molar-refractivity contribution is 5.20. The van der Waals surface area contributed by atoms with Crippen molar-refractivity contribution in [2.45, 2.75) is 26.7 Å². The van der Waals surface area contributed by atoms with Crippen LogP contribution in [0.1, 0.15) is 25.8 Å². The van der Waals surface area contributed by atoms with Crippen molar-refractivity contribution in [3.05, 3.63) is 47.5 Å². The normalized spacial score (nSPS) is 13.3. The molecule has 0 amide bonds. The Morgan fingerprint density at radius 1 is 1.27 bits per heavy atom. The average Bonchev–Trinajstić information content (AvgIpc) is 2.21. The van der Waals surface area contributed by atoms with Gasteiger partial charge in [0.15, 0.2) is 0 Å². The maximum atomic E-state index is 13.3. The zero-order valence-corrected chi connectivity index (χ0v) is 9.13. The summed E-state index contributed by atoms with van der Waals surface area (Å²) in [5.74, 6) is -0.741. The van der Waals surface area contributed by atoms with Crippen molar-refractivity contribution in [2.24, 2.45) is 5.92 Å². The molecule has 15 heavy (non-hydrogen) atoms. The average molecular weight is 210 g/mol. The molecule has 1 unspecified atom stereocenters. The van der Waals surface area contributed by atoms with E-state index >= 15 is 0 Å². The summed E-state index contributed by atoms with van der Waals surface area (Å²) >= 11 is 0. The summed E-state index contributed by atoms with van der Waals surface area (Å²) in [5.41, 5.74) is 0.186. The molecule has 1 aromatic rings. The SMILES string of the molecule is CC/C=C\C(C)Cc1c(F)cccc1F. The molecule has 0 bridgehead atoms. The van der Waals surface area contributed by atoms with Gasteiger partial charge >= 0.3 is 0 Å². The van der Waals surface area contributed by atoms with E-state index in [2.05, 4.69) is 0 Å². The zero-order chi connectivity index (χ0) is 11.3. The van der Waals surface area contributed by atoms with Crippen molar-refractivity contribution >= 4 is 0 Å². The fourth-order valence-corrected chi connectivity index (χ4v) is 1.49. The van der Waals surface area contributed by atoms with E-state index in [-0.39, 0.29) is 11.5 Å². The zero-order valence-electron chi connectivity index (χ0n) is 9.13. The monoisotopic (exact) mass is 210 g/mol. The molecule has 0 aliphatic carbocycles. The van der Waals surface area contributed by atoms with Gasteiger partial charge in [0.05, 0.1) is 0 Å². The van der Waals surface area contributed by atoms with E-state index in [0.717, 1.165) is 6.42 Å². The Hall–Kier alpha value is -1.18. The predicted octanol–water partition coefficient (Wildman–Crippen LogP) is 4.11. The van der Waals surface area contributed by atoms with Crippen LogP contribution in [0.2, 0.25) is 0 Å². The number of rotatable bonds is 4. The topological polar surface area (TPSA) is 0 Å². The lowest BCUT2D eigenvalue weighted by atomic mass is 9.99. The molecule has 2 heteroatoms. The molecule has 0 nitrogen and oxygen atoms in total. The van der Waals surface area contributed by atoms with E-state index in [1.807, 2.05) is 26.0 Å². The lowest BCUT2D eigenvalue weighted by Gasteiger charge is -2.08. The van der Waals surface area contributed by atoms with Crippen LogP contribution in [0.15, 0.2) is 30.4 Å². The van der Waals surface area contributed by atoms with Crippen LogP contribution in [-0.2, 0) is 6.42 Å². The molecule has 0 heterocycles. The Balaban J connectivity index is 2.76. The third kappa shape index (κ3) is 3.46. The second-order valence-corrected chi connectivity index (χ2v) is 3.72. The van der Waals surface area contributed by atoms with Crippen LogP contribution in [0, 0.1) is 17.6 Å². The van der Waals surface area contributed by atoms with Crippen LogP contribution in [0.5, 0.6) is 0 Å². The highest BCUT2D eigenvalue weighted by atomic mass is 19.1. The molecule has 1 aromatic carbocycles. The Labute approximate surface area is 89.6 Å². The van der Waals surface area contributed by atoms with E-state index in [4.69, 9.17) is 0 Å². The number of halogens is 2. The molecular formula is C13H16F2. The standard InChI is InChI=1S/C13H16F2/c1-3-4-6-10(2)9-11-12(14)7-5-8-13(11)15/h4-8,10H,3,9H2,1-2H3/b6-4-. The first-order chi connectivity index (χ1) is 7.15. The highest BCUT2D eigenvalue weighted by Gasteiger charge is 2.10. The quantitative estimate of drug-likeness (QED) is 0.656. The molecule has 0 aliphatic heterocycles. The second kappa shape index (κ2) is 5.64. The largest absolute Gasteiger partial charge is 0.207 e. The Bertz CT molecular complexity index is 322. The minimum absolute atomic E-state index is 0.163. The van der Waals surface area contributed by atoms with E-state index in [0.29, 0.717) is 6.42 Å². The summed E-state index contributed by atoms with van der Waals surface area (Å²) in [6.45, 7) is 3.99. The van der Waals surface area contributed by atoms with Gasteiger partial charge in [0, 0.05) is 5.56 Å².